The Morgan fingerprint density at radius 2 is 1.69 bits per heavy atom. The highest BCUT2D eigenvalue weighted by Crippen LogP contribution is 2.32. The lowest BCUT2D eigenvalue weighted by Crippen LogP contribution is -1.91. The number of phenols is 1. The highest BCUT2D eigenvalue weighted by Gasteiger charge is 2.09. The normalized spacial score (nSPS) is 10.4. The van der Waals surface area contributed by atoms with E-state index in [2.05, 4.69) is 4.98 Å². The van der Waals surface area contributed by atoms with Gasteiger partial charge >= 0.3 is 0 Å². The quantitative estimate of drug-likeness (QED) is 0.787. The van der Waals surface area contributed by atoms with Gasteiger partial charge in [0.25, 0.3) is 0 Å². The average Bonchev–Trinajstić information content (AvgIpc) is 2.23. The third kappa shape index (κ3) is 1.78. The second kappa shape index (κ2) is 3.97. The Labute approximate surface area is 95.6 Å². The van der Waals surface area contributed by atoms with Crippen LogP contribution in [-0.2, 0) is 0 Å². The zero-order chi connectivity index (χ0) is 11.7. The summed E-state index contributed by atoms with van der Waals surface area (Å²) in [4.78, 5) is 4.41. The van der Waals surface area contributed by atoms with E-state index >= 15 is 0 Å². The molecule has 0 amide bonds. The molecular weight excluding hydrogens is 198 g/mol. The molecule has 2 heteroatoms. The minimum Gasteiger partial charge on any atom is -0.507 e. The van der Waals surface area contributed by atoms with Crippen LogP contribution in [0.25, 0.3) is 11.1 Å². The van der Waals surface area contributed by atoms with Gasteiger partial charge in [-0.1, -0.05) is 24.3 Å². The van der Waals surface area contributed by atoms with Crippen molar-refractivity contribution >= 4 is 0 Å². The van der Waals surface area contributed by atoms with Crippen LogP contribution < -0.4 is 0 Å². The molecule has 0 spiro atoms. The van der Waals surface area contributed by atoms with E-state index < -0.39 is 0 Å². The second-order valence-corrected chi connectivity index (χ2v) is 4.06. The van der Waals surface area contributed by atoms with Crippen molar-refractivity contribution < 1.29 is 5.11 Å². The Hall–Kier alpha value is -1.83. The molecule has 0 aliphatic carbocycles. The van der Waals surface area contributed by atoms with E-state index in [0.717, 1.165) is 28.1 Å². The lowest BCUT2D eigenvalue weighted by Gasteiger charge is -2.09. The Kier molecular flexibility index (Phi) is 2.65. The van der Waals surface area contributed by atoms with Crippen molar-refractivity contribution in [3.05, 3.63) is 47.3 Å². The number of rotatable bonds is 1. The molecule has 82 valence electrons. The van der Waals surface area contributed by atoms with Crippen LogP contribution in [0.2, 0.25) is 0 Å². The minimum absolute atomic E-state index is 0.344. The zero-order valence-corrected chi connectivity index (χ0v) is 9.78. The summed E-state index contributed by atoms with van der Waals surface area (Å²) >= 11 is 0. The van der Waals surface area contributed by atoms with E-state index in [0.29, 0.717) is 5.75 Å². The maximum absolute atomic E-state index is 10.0. The monoisotopic (exact) mass is 213 g/mol. The van der Waals surface area contributed by atoms with E-state index in [1.807, 2.05) is 51.1 Å². The summed E-state index contributed by atoms with van der Waals surface area (Å²) in [5.41, 5.74) is 4.67. The third-order valence-electron chi connectivity index (χ3n) is 2.75. The molecule has 0 radical (unpaired) electrons. The van der Waals surface area contributed by atoms with Crippen LogP contribution in [-0.4, -0.2) is 10.1 Å². The Bertz CT molecular complexity index is 532. The van der Waals surface area contributed by atoms with E-state index in [1.165, 1.54) is 0 Å². The lowest BCUT2D eigenvalue weighted by atomic mass is 10.0. The molecule has 0 unspecified atom stereocenters. The van der Waals surface area contributed by atoms with Crippen molar-refractivity contribution in [1.29, 1.82) is 0 Å². The fourth-order valence-electron chi connectivity index (χ4n) is 1.85. The zero-order valence-electron chi connectivity index (χ0n) is 9.78. The van der Waals surface area contributed by atoms with Gasteiger partial charge in [-0.05, 0) is 32.4 Å². The predicted octanol–water partition coefficient (Wildman–Crippen LogP) is 3.38. The van der Waals surface area contributed by atoms with Gasteiger partial charge in [0.2, 0.25) is 0 Å². The largest absolute Gasteiger partial charge is 0.507 e. The molecule has 1 heterocycles. The van der Waals surface area contributed by atoms with Crippen LogP contribution in [0.5, 0.6) is 5.75 Å². The Balaban J connectivity index is 2.63. The molecule has 2 rings (SSSR count). The summed E-state index contributed by atoms with van der Waals surface area (Å²) in [5, 5.41) is 10.0. The summed E-state index contributed by atoms with van der Waals surface area (Å²) in [5.74, 6) is 0.344. The Morgan fingerprint density at radius 3 is 2.38 bits per heavy atom. The van der Waals surface area contributed by atoms with Crippen molar-refractivity contribution in [2.75, 3.05) is 0 Å². The van der Waals surface area contributed by atoms with Crippen LogP contribution in [0.15, 0.2) is 30.3 Å². The van der Waals surface area contributed by atoms with Crippen molar-refractivity contribution in [2.45, 2.75) is 20.8 Å². The highest BCUT2D eigenvalue weighted by molar-refractivity contribution is 5.73. The fourth-order valence-corrected chi connectivity index (χ4v) is 1.85. The van der Waals surface area contributed by atoms with E-state index in [9.17, 15) is 5.11 Å². The number of aryl methyl sites for hydroxylation is 3. The molecular formula is C14H15NO. The van der Waals surface area contributed by atoms with Crippen LogP contribution in [0.4, 0.5) is 0 Å². The molecule has 1 N–H and O–H groups in total. The van der Waals surface area contributed by atoms with Crippen LogP contribution in [0, 0.1) is 20.8 Å². The van der Waals surface area contributed by atoms with Crippen LogP contribution >= 0.6 is 0 Å². The van der Waals surface area contributed by atoms with Crippen LogP contribution in [0.3, 0.4) is 0 Å². The number of benzene rings is 1. The molecule has 16 heavy (non-hydrogen) atoms. The number of hydrogen-bond acceptors (Lipinski definition) is 2. The molecule has 0 aliphatic heterocycles. The number of nitrogens with zero attached hydrogens (tertiary/aromatic N) is 1. The maximum atomic E-state index is 10.0. The second-order valence-electron chi connectivity index (χ2n) is 4.06. The fraction of sp³-hybridized carbons (Fsp3) is 0.214. The Morgan fingerprint density at radius 1 is 0.938 bits per heavy atom. The molecule has 2 nitrogen and oxygen atoms in total. The topological polar surface area (TPSA) is 33.1 Å². The first-order valence-corrected chi connectivity index (χ1v) is 5.33. The van der Waals surface area contributed by atoms with Crippen molar-refractivity contribution in [2.24, 2.45) is 0 Å². The van der Waals surface area contributed by atoms with Crippen molar-refractivity contribution in [1.82, 2.24) is 4.98 Å². The SMILES string of the molecule is Cc1ccc(-c2cccc(C)c2O)c(C)n1. The predicted molar refractivity (Wildman–Crippen MR) is 65.5 cm³/mol. The average molecular weight is 213 g/mol. The van der Waals surface area contributed by atoms with Gasteiger partial charge in [-0.15, -0.1) is 0 Å². The summed E-state index contributed by atoms with van der Waals surface area (Å²) in [7, 11) is 0. The summed E-state index contributed by atoms with van der Waals surface area (Å²) in [6, 6.07) is 9.73. The standard InChI is InChI=1S/C14H15NO/c1-9-5-4-6-13(14(9)16)12-8-7-10(2)15-11(12)3/h4-8,16H,1-3H3. The lowest BCUT2D eigenvalue weighted by molar-refractivity contribution is 0.473. The van der Waals surface area contributed by atoms with Crippen molar-refractivity contribution in [3.63, 3.8) is 0 Å². The number of aromatic hydroxyl groups is 1. The number of phenolic OH excluding ortho intramolecular Hbond substituents is 1. The first kappa shape index (κ1) is 10.7. The van der Waals surface area contributed by atoms with Crippen molar-refractivity contribution in [3.8, 4) is 16.9 Å². The highest BCUT2D eigenvalue weighted by atomic mass is 16.3. The van der Waals surface area contributed by atoms with Gasteiger partial charge in [-0.25, -0.2) is 0 Å². The van der Waals surface area contributed by atoms with E-state index in [1.54, 1.807) is 0 Å². The van der Waals surface area contributed by atoms with Gasteiger partial charge < -0.3 is 5.11 Å². The summed E-state index contributed by atoms with van der Waals surface area (Å²) in [6.07, 6.45) is 0. The van der Waals surface area contributed by atoms with Gasteiger partial charge in [-0.2, -0.15) is 0 Å². The number of aromatic nitrogens is 1. The number of hydrogen-bond donors (Lipinski definition) is 1. The molecule has 0 bridgehead atoms. The first-order chi connectivity index (χ1) is 7.59. The molecule has 0 atom stereocenters. The molecule has 1 aromatic heterocycles. The summed E-state index contributed by atoms with van der Waals surface area (Å²) in [6.45, 7) is 5.83. The molecule has 0 fully saturated rings. The smallest absolute Gasteiger partial charge is 0.126 e. The minimum atomic E-state index is 0.344. The van der Waals surface area contributed by atoms with Gasteiger partial charge in [0.1, 0.15) is 5.75 Å². The first-order valence-electron chi connectivity index (χ1n) is 5.33. The molecule has 0 saturated heterocycles. The van der Waals surface area contributed by atoms with Gasteiger partial charge in [0, 0.05) is 22.5 Å². The van der Waals surface area contributed by atoms with Gasteiger partial charge in [-0.3, -0.25) is 4.98 Å². The molecule has 0 saturated carbocycles. The van der Waals surface area contributed by atoms with Gasteiger partial charge in [0.15, 0.2) is 0 Å². The maximum Gasteiger partial charge on any atom is 0.126 e. The van der Waals surface area contributed by atoms with Gasteiger partial charge in [0.05, 0.1) is 0 Å². The molecule has 1 aromatic carbocycles. The van der Waals surface area contributed by atoms with Crippen LogP contribution in [0.1, 0.15) is 17.0 Å². The third-order valence-corrected chi connectivity index (χ3v) is 2.75. The molecule has 0 aliphatic rings. The van der Waals surface area contributed by atoms with E-state index in [4.69, 9.17) is 0 Å². The van der Waals surface area contributed by atoms with E-state index in [-0.39, 0.29) is 0 Å². The summed E-state index contributed by atoms with van der Waals surface area (Å²) < 4.78 is 0. The molecule has 2 aromatic rings. The number of pyridine rings is 1. The number of para-hydroxylation sites is 1.